The molecule has 12 aromatic carbocycles. The molecular formula is C72H54N2. The van der Waals surface area contributed by atoms with E-state index in [-0.39, 0.29) is 10.8 Å². The van der Waals surface area contributed by atoms with Crippen LogP contribution in [0.15, 0.2) is 243 Å². The first-order chi connectivity index (χ1) is 36.1. The molecule has 352 valence electrons. The fraction of sp³-hybridized carbons (Fsp3) is 0.0833. The Kier molecular flexibility index (Phi) is 9.94. The van der Waals surface area contributed by atoms with Gasteiger partial charge in [0.1, 0.15) is 0 Å². The fourth-order valence-electron chi connectivity index (χ4n) is 12.3. The zero-order valence-electron chi connectivity index (χ0n) is 42.1. The van der Waals surface area contributed by atoms with Crippen LogP contribution in [0.5, 0.6) is 0 Å². The van der Waals surface area contributed by atoms with Crippen LogP contribution in [0.25, 0.3) is 77.5 Å². The van der Waals surface area contributed by atoms with E-state index in [9.17, 15) is 0 Å². The Morgan fingerprint density at radius 2 is 0.486 bits per heavy atom. The van der Waals surface area contributed by atoms with Gasteiger partial charge in [-0.15, -0.1) is 0 Å². The Bertz CT molecular complexity index is 3850. The predicted octanol–water partition coefficient (Wildman–Crippen LogP) is 20.0. The van der Waals surface area contributed by atoms with Crippen molar-refractivity contribution in [3.05, 3.63) is 276 Å². The largest absolute Gasteiger partial charge is 0.310 e. The molecule has 2 heteroatoms. The van der Waals surface area contributed by atoms with E-state index in [0.29, 0.717) is 0 Å². The lowest BCUT2D eigenvalue weighted by atomic mass is 9.81. The van der Waals surface area contributed by atoms with Crippen LogP contribution in [-0.4, -0.2) is 0 Å². The Balaban J connectivity index is 0.774. The van der Waals surface area contributed by atoms with Crippen molar-refractivity contribution in [2.24, 2.45) is 0 Å². The molecule has 0 unspecified atom stereocenters. The van der Waals surface area contributed by atoms with Gasteiger partial charge in [0.2, 0.25) is 0 Å². The van der Waals surface area contributed by atoms with Gasteiger partial charge in [0, 0.05) is 45.0 Å². The average Bonchev–Trinajstić information content (AvgIpc) is 3.80. The topological polar surface area (TPSA) is 6.48 Å². The van der Waals surface area contributed by atoms with E-state index in [2.05, 4.69) is 292 Å². The third-order valence-corrected chi connectivity index (χ3v) is 16.3. The highest BCUT2D eigenvalue weighted by molar-refractivity contribution is 5.96. The van der Waals surface area contributed by atoms with Crippen LogP contribution >= 0.6 is 0 Å². The lowest BCUT2D eigenvalue weighted by Gasteiger charge is -2.28. The van der Waals surface area contributed by atoms with Gasteiger partial charge in [0.05, 0.1) is 0 Å². The van der Waals surface area contributed by atoms with Crippen molar-refractivity contribution in [2.75, 3.05) is 9.80 Å². The number of fused-ring (bicyclic) bond motifs is 10. The van der Waals surface area contributed by atoms with Gasteiger partial charge in [-0.2, -0.15) is 0 Å². The summed E-state index contributed by atoms with van der Waals surface area (Å²) in [6.45, 7) is 9.55. The van der Waals surface area contributed by atoms with Gasteiger partial charge in [-0.1, -0.05) is 210 Å². The summed E-state index contributed by atoms with van der Waals surface area (Å²) in [7, 11) is 0. The summed E-state index contributed by atoms with van der Waals surface area (Å²) < 4.78 is 0. The van der Waals surface area contributed by atoms with Crippen LogP contribution in [0, 0.1) is 0 Å². The van der Waals surface area contributed by atoms with Crippen LogP contribution < -0.4 is 9.80 Å². The van der Waals surface area contributed by atoms with E-state index in [1.165, 1.54) is 98.7 Å². The molecule has 0 aliphatic heterocycles. The van der Waals surface area contributed by atoms with Gasteiger partial charge in [-0.3, -0.25) is 0 Å². The van der Waals surface area contributed by atoms with Gasteiger partial charge in [0.15, 0.2) is 0 Å². The van der Waals surface area contributed by atoms with Gasteiger partial charge in [-0.05, 0) is 172 Å². The molecular weight excluding hydrogens is 893 g/mol. The van der Waals surface area contributed by atoms with Crippen molar-refractivity contribution in [3.8, 4) is 22.3 Å². The quantitative estimate of drug-likeness (QED) is 0.140. The van der Waals surface area contributed by atoms with Crippen molar-refractivity contribution in [2.45, 2.75) is 38.5 Å². The molecule has 0 atom stereocenters. The zero-order valence-corrected chi connectivity index (χ0v) is 42.1. The molecule has 0 radical (unpaired) electrons. The molecule has 0 amide bonds. The van der Waals surface area contributed by atoms with Crippen LogP contribution in [0.2, 0.25) is 0 Å². The highest BCUT2D eigenvalue weighted by atomic mass is 15.1. The molecule has 0 saturated carbocycles. The van der Waals surface area contributed by atoms with Crippen molar-refractivity contribution in [1.82, 2.24) is 0 Å². The van der Waals surface area contributed by atoms with E-state index >= 15 is 0 Å². The summed E-state index contributed by atoms with van der Waals surface area (Å²) in [4.78, 5) is 4.85. The fourth-order valence-corrected chi connectivity index (χ4v) is 12.3. The highest BCUT2D eigenvalue weighted by Gasteiger charge is 2.38. The summed E-state index contributed by atoms with van der Waals surface area (Å²) in [5.74, 6) is 0. The minimum atomic E-state index is -0.205. The first kappa shape index (κ1) is 43.8. The Morgan fingerprint density at radius 3 is 0.797 bits per heavy atom. The van der Waals surface area contributed by atoms with Crippen LogP contribution in [-0.2, 0) is 10.8 Å². The zero-order chi connectivity index (χ0) is 49.7. The van der Waals surface area contributed by atoms with Crippen molar-refractivity contribution in [3.63, 3.8) is 0 Å². The van der Waals surface area contributed by atoms with E-state index in [4.69, 9.17) is 0 Å². The minimum Gasteiger partial charge on any atom is -0.310 e. The maximum Gasteiger partial charge on any atom is 0.0468 e. The smallest absolute Gasteiger partial charge is 0.0468 e. The number of hydrogen-bond donors (Lipinski definition) is 0. The summed E-state index contributed by atoms with van der Waals surface area (Å²) in [5.41, 5.74) is 19.5. The maximum atomic E-state index is 2.44. The maximum absolute atomic E-state index is 2.44. The number of anilines is 6. The lowest BCUT2D eigenvalue weighted by Crippen LogP contribution is -2.17. The molecule has 12 aromatic rings. The molecule has 0 spiro atoms. The van der Waals surface area contributed by atoms with Gasteiger partial charge < -0.3 is 9.80 Å². The summed E-state index contributed by atoms with van der Waals surface area (Å²) >= 11 is 0. The van der Waals surface area contributed by atoms with Crippen LogP contribution in [0.1, 0.15) is 61.1 Å². The van der Waals surface area contributed by atoms with Crippen molar-refractivity contribution in [1.29, 1.82) is 0 Å². The third-order valence-electron chi connectivity index (χ3n) is 16.3. The highest BCUT2D eigenvalue weighted by Crippen LogP contribution is 2.53. The second-order valence-electron chi connectivity index (χ2n) is 21.4. The molecule has 14 rings (SSSR count). The predicted molar refractivity (Wildman–Crippen MR) is 316 cm³/mol. The second kappa shape index (κ2) is 16.8. The number of benzene rings is 12. The summed E-state index contributed by atoms with van der Waals surface area (Å²) in [5, 5.41) is 9.87. The van der Waals surface area contributed by atoms with Gasteiger partial charge >= 0.3 is 0 Å². The first-order valence-corrected chi connectivity index (χ1v) is 26.0. The molecule has 0 bridgehead atoms. The summed E-state index contributed by atoms with van der Waals surface area (Å²) in [6.07, 6.45) is 4.60. The number of hydrogen-bond acceptors (Lipinski definition) is 2. The molecule has 2 aliphatic rings. The Labute approximate surface area is 433 Å². The monoisotopic (exact) mass is 946 g/mol. The molecule has 0 aromatic heterocycles. The van der Waals surface area contributed by atoms with E-state index in [1.807, 2.05) is 0 Å². The number of nitrogens with zero attached hydrogens (tertiary/aromatic N) is 2. The lowest BCUT2D eigenvalue weighted by molar-refractivity contribution is 0.660. The molecule has 2 aliphatic carbocycles. The third kappa shape index (κ3) is 7.16. The standard InChI is InChI=1S/C72H54N2/c1-71(2)67-39-47(23-35-63(67)65-37-33-61(45-69(65)71)73(57-29-25-49-13-5-9-17-53(49)41-57)58-30-26-50-14-6-10-18-54(50)42-58)21-22-48-24-36-64-66-38-34-62(46-70(66)72(3,4)68(64)40-48)74(59-31-27-51-15-7-11-19-55(51)43-59)60-32-28-52-16-8-12-20-56(52)44-60/h5-46H,1-4H3/b22-21+. The first-order valence-electron chi connectivity index (χ1n) is 26.0. The van der Waals surface area contributed by atoms with Gasteiger partial charge in [0.25, 0.3) is 0 Å². The molecule has 0 saturated heterocycles. The van der Waals surface area contributed by atoms with Crippen LogP contribution in [0.3, 0.4) is 0 Å². The summed E-state index contributed by atoms with van der Waals surface area (Å²) in [6, 6.07) is 90.1. The number of rotatable bonds is 8. The molecule has 0 fully saturated rings. The molecule has 0 N–H and O–H groups in total. The second-order valence-corrected chi connectivity index (χ2v) is 21.4. The van der Waals surface area contributed by atoms with Gasteiger partial charge in [-0.25, -0.2) is 0 Å². The minimum absolute atomic E-state index is 0.205. The molecule has 74 heavy (non-hydrogen) atoms. The van der Waals surface area contributed by atoms with Crippen molar-refractivity contribution >= 4 is 89.4 Å². The van der Waals surface area contributed by atoms with E-state index in [1.54, 1.807) is 0 Å². The van der Waals surface area contributed by atoms with Crippen molar-refractivity contribution < 1.29 is 0 Å². The molecule has 0 heterocycles. The molecule has 2 nitrogen and oxygen atoms in total. The Morgan fingerprint density at radius 1 is 0.243 bits per heavy atom. The normalized spacial score (nSPS) is 13.8. The SMILES string of the molecule is CC1(C)c2cc(/C=C/c3ccc4c(c3)C(C)(C)c3cc(N(c5ccc6ccccc6c5)c5ccc6ccccc6c5)ccc3-4)ccc2-c2ccc(N(c3ccc4ccccc4c3)c3ccc4ccccc4c3)cc21. The average molecular weight is 947 g/mol. The van der Waals surface area contributed by atoms with E-state index in [0.717, 1.165) is 34.1 Å². The Hall–Kier alpha value is -8.98. The van der Waals surface area contributed by atoms with Crippen LogP contribution in [0.4, 0.5) is 34.1 Å². The van der Waals surface area contributed by atoms with E-state index < -0.39 is 0 Å².